The average molecular weight is 245 g/mol. The second-order valence-electron chi connectivity index (χ2n) is 2.00. The van der Waals surface area contributed by atoms with Gasteiger partial charge >= 0.3 is 0 Å². The van der Waals surface area contributed by atoms with Gasteiger partial charge in [-0.05, 0) is 7.05 Å². The number of rotatable bonds is 4. The molecule has 56 valence electrons. The van der Waals surface area contributed by atoms with Crippen molar-refractivity contribution in [3.8, 4) is 0 Å². The van der Waals surface area contributed by atoms with E-state index in [1.54, 1.807) is 7.05 Å². The number of aliphatic hydroxyl groups is 2. The van der Waals surface area contributed by atoms with Crippen molar-refractivity contribution in [1.29, 1.82) is 0 Å². The van der Waals surface area contributed by atoms with Crippen LogP contribution in [0.3, 0.4) is 0 Å². The van der Waals surface area contributed by atoms with E-state index in [1.165, 1.54) is 0 Å². The molecule has 0 bridgehead atoms. The van der Waals surface area contributed by atoms with Gasteiger partial charge in [-0.3, -0.25) is 0 Å². The van der Waals surface area contributed by atoms with Crippen molar-refractivity contribution < 1.29 is 10.2 Å². The Bertz CT molecular complexity index is 75.4. The summed E-state index contributed by atoms with van der Waals surface area (Å²) >= 11 is 2.04. The van der Waals surface area contributed by atoms with Crippen molar-refractivity contribution in [2.45, 2.75) is 3.42 Å². The second-order valence-corrected chi connectivity index (χ2v) is 4.29. The van der Waals surface area contributed by atoms with Gasteiger partial charge in [0.2, 0.25) is 0 Å². The van der Waals surface area contributed by atoms with E-state index >= 15 is 0 Å². The van der Waals surface area contributed by atoms with Gasteiger partial charge in [-0.15, -0.1) is 0 Å². The summed E-state index contributed by atoms with van der Waals surface area (Å²) in [5.74, 6) is 0. The van der Waals surface area contributed by atoms with Gasteiger partial charge in [0, 0.05) is 6.54 Å². The van der Waals surface area contributed by atoms with Gasteiger partial charge in [0.05, 0.1) is 16.6 Å². The van der Waals surface area contributed by atoms with Crippen LogP contribution in [0.4, 0.5) is 0 Å². The van der Waals surface area contributed by atoms with Crippen molar-refractivity contribution in [2.75, 3.05) is 26.8 Å². The van der Waals surface area contributed by atoms with Gasteiger partial charge in [0.25, 0.3) is 0 Å². The molecule has 0 fully saturated rings. The summed E-state index contributed by atoms with van der Waals surface area (Å²) in [4.78, 5) is 0. The van der Waals surface area contributed by atoms with E-state index in [4.69, 9.17) is 10.2 Å². The van der Waals surface area contributed by atoms with Crippen LogP contribution in [0.5, 0.6) is 0 Å². The summed E-state index contributed by atoms with van der Waals surface area (Å²) < 4.78 is -0.396. The maximum absolute atomic E-state index is 8.71. The number of halogens is 1. The van der Waals surface area contributed by atoms with Gasteiger partial charge < -0.3 is 15.5 Å². The molecule has 0 saturated carbocycles. The third kappa shape index (κ3) is 3.34. The molecule has 0 amide bonds. The molecule has 0 radical (unpaired) electrons. The molecule has 0 atom stereocenters. The van der Waals surface area contributed by atoms with E-state index in [-0.39, 0.29) is 13.2 Å². The molecule has 0 aliphatic heterocycles. The van der Waals surface area contributed by atoms with E-state index in [0.29, 0.717) is 6.54 Å². The van der Waals surface area contributed by atoms with Crippen molar-refractivity contribution in [1.82, 2.24) is 5.32 Å². The fourth-order valence-corrected chi connectivity index (χ4v) is 0.860. The number of hydrogen-bond acceptors (Lipinski definition) is 3. The summed E-state index contributed by atoms with van der Waals surface area (Å²) in [6, 6.07) is 0. The van der Waals surface area contributed by atoms with Crippen molar-refractivity contribution in [2.24, 2.45) is 0 Å². The largest absolute Gasteiger partial charge is 0.395 e. The molecule has 0 aliphatic rings. The quantitative estimate of drug-likeness (QED) is 0.456. The zero-order valence-electron chi connectivity index (χ0n) is 5.39. The highest BCUT2D eigenvalue weighted by Gasteiger charge is 2.22. The highest BCUT2D eigenvalue weighted by atomic mass is 127. The normalized spacial score (nSPS) is 12.0. The summed E-state index contributed by atoms with van der Waals surface area (Å²) in [7, 11) is 1.79. The van der Waals surface area contributed by atoms with E-state index in [2.05, 4.69) is 5.32 Å². The molecule has 0 aromatic heterocycles. The number of hydrogen-bond donors (Lipinski definition) is 3. The first-order valence-corrected chi connectivity index (χ1v) is 3.81. The molecule has 3 N–H and O–H groups in total. The molecule has 0 aromatic carbocycles. The monoisotopic (exact) mass is 245 g/mol. The Labute approximate surface area is 68.6 Å². The predicted molar refractivity (Wildman–Crippen MR) is 44.8 cm³/mol. The minimum atomic E-state index is -0.396. The smallest absolute Gasteiger partial charge is 0.0806 e. The molecule has 9 heavy (non-hydrogen) atoms. The Hall–Kier alpha value is 0.610. The second kappa shape index (κ2) is 4.43. The Morgan fingerprint density at radius 2 is 1.89 bits per heavy atom. The highest BCUT2D eigenvalue weighted by Crippen LogP contribution is 2.15. The van der Waals surface area contributed by atoms with Gasteiger partial charge in [-0.2, -0.15) is 0 Å². The molecular formula is C5H12INO2. The third-order valence-corrected chi connectivity index (χ3v) is 2.12. The summed E-state index contributed by atoms with van der Waals surface area (Å²) in [6.07, 6.45) is 0. The Balaban J connectivity index is 3.62. The molecule has 0 heterocycles. The first-order valence-electron chi connectivity index (χ1n) is 2.74. The van der Waals surface area contributed by atoms with Crippen LogP contribution in [0.15, 0.2) is 0 Å². The fourth-order valence-electron chi connectivity index (χ4n) is 0.479. The first kappa shape index (κ1) is 9.61. The predicted octanol–water partition coefficient (Wildman–Crippen LogP) is -0.636. The lowest BCUT2D eigenvalue weighted by Gasteiger charge is -2.21. The molecule has 0 aromatic rings. The minimum absolute atomic E-state index is 0.00486. The van der Waals surface area contributed by atoms with E-state index < -0.39 is 3.42 Å². The maximum Gasteiger partial charge on any atom is 0.0806 e. The lowest BCUT2D eigenvalue weighted by molar-refractivity contribution is 0.181. The molecule has 0 saturated heterocycles. The van der Waals surface area contributed by atoms with Crippen LogP contribution in [0.25, 0.3) is 0 Å². The minimum Gasteiger partial charge on any atom is -0.395 e. The SMILES string of the molecule is CNCC(I)(CO)CO. The van der Waals surface area contributed by atoms with E-state index in [1.807, 2.05) is 22.6 Å². The van der Waals surface area contributed by atoms with E-state index in [9.17, 15) is 0 Å². The molecule has 0 aliphatic carbocycles. The van der Waals surface area contributed by atoms with Gasteiger partial charge in [-0.25, -0.2) is 0 Å². The standard InChI is InChI=1S/C5H12INO2/c1-7-2-5(6,3-8)4-9/h7-9H,2-4H2,1H3. The summed E-state index contributed by atoms with van der Waals surface area (Å²) in [6.45, 7) is 0.635. The topological polar surface area (TPSA) is 52.5 Å². The molecule has 0 unspecified atom stereocenters. The first-order chi connectivity index (χ1) is 4.18. The zero-order valence-corrected chi connectivity index (χ0v) is 7.55. The number of alkyl halides is 1. The lowest BCUT2D eigenvalue weighted by atomic mass is 10.2. The molecule has 0 rings (SSSR count). The van der Waals surface area contributed by atoms with Crippen LogP contribution in [0, 0.1) is 0 Å². The molecule has 3 nitrogen and oxygen atoms in total. The molecular weight excluding hydrogens is 233 g/mol. The zero-order chi connectivity index (χ0) is 7.33. The number of nitrogens with one attached hydrogen (secondary N) is 1. The third-order valence-electron chi connectivity index (χ3n) is 1.06. The Morgan fingerprint density at radius 1 is 1.44 bits per heavy atom. The van der Waals surface area contributed by atoms with Crippen LogP contribution in [0.1, 0.15) is 0 Å². The molecule has 0 spiro atoms. The fraction of sp³-hybridized carbons (Fsp3) is 1.00. The molecule has 4 heteroatoms. The van der Waals surface area contributed by atoms with Crippen LogP contribution < -0.4 is 5.32 Å². The van der Waals surface area contributed by atoms with Crippen molar-refractivity contribution >= 4 is 22.6 Å². The van der Waals surface area contributed by atoms with Gasteiger partial charge in [0.15, 0.2) is 0 Å². The average Bonchev–Trinajstić information content (AvgIpc) is 1.89. The Morgan fingerprint density at radius 3 is 2.00 bits per heavy atom. The highest BCUT2D eigenvalue weighted by molar-refractivity contribution is 14.1. The van der Waals surface area contributed by atoms with Crippen molar-refractivity contribution in [3.05, 3.63) is 0 Å². The van der Waals surface area contributed by atoms with Crippen LogP contribution in [-0.2, 0) is 0 Å². The van der Waals surface area contributed by atoms with Crippen molar-refractivity contribution in [3.63, 3.8) is 0 Å². The number of aliphatic hydroxyl groups excluding tert-OH is 2. The summed E-state index contributed by atoms with van der Waals surface area (Å²) in [5.41, 5.74) is 0. The Kier molecular flexibility index (Phi) is 4.73. The lowest BCUT2D eigenvalue weighted by Crippen LogP contribution is -2.40. The van der Waals surface area contributed by atoms with Crippen LogP contribution in [-0.4, -0.2) is 40.4 Å². The van der Waals surface area contributed by atoms with Gasteiger partial charge in [-0.1, -0.05) is 22.6 Å². The maximum atomic E-state index is 8.71. The van der Waals surface area contributed by atoms with Gasteiger partial charge in [0.1, 0.15) is 0 Å². The van der Waals surface area contributed by atoms with Crippen LogP contribution in [0.2, 0.25) is 0 Å². The summed E-state index contributed by atoms with van der Waals surface area (Å²) in [5, 5.41) is 20.3. The van der Waals surface area contributed by atoms with E-state index in [0.717, 1.165) is 0 Å². The van der Waals surface area contributed by atoms with Crippen LogP contribution >= 0.6 is 22.6 Å².